The Bertz CT molecular complexity index is 3840. The minimum Gasteiger partial charge on any atom is -0.744 e. The topological polar surface area (TPSA) is 453 Å². The van der Waals surface area contributed by atoms with Gasteiger partial charge in [0.05, 0.1) is 47.1 Å². The molecule has 0 bridgehead atoms. The van der Waals surface area contributed by atoms with Crippen LogP contribution in [0.4, 0.5) is 52.2 Å². The third kappa shape index (κ3) is 17.3. The first kappa shape index (κ1) is 68.2. The number of halogens is 2. The molecule has 0 saturated carbocycles. The van der Waals surface area contributed by atoms with Gasteiger partial charge in [-0.25, -0.2) is 42.1 Å². The van der Waals surface area contributed by atoms with E-state index < -0.39 is 137 Å². The number of carbonyl (C=O) groups is 1. The third-order valence-electron chi connectivity index (χ3n) is 8.70. The van der Waals surface area contributed by atoms with E-state index in [0.29, 0.717) is 18.2 Å². The first-order chi connectivity index (χ1) is 32.0. The second-order valence-corrected chi connectivity index (χ2v) is 20.8. The zero-order valence-corrected chi connectivity index (χ0v) is 53.6. The minimum absolute atomic E-state index is 0. The summed E-state index contributed by atoms with van der Waals surface area (Å²) in [6, 6.07) is 12.9. The molecule has 28 nitrogen and oxygen atoms in total. The maximum absolute atomic E-state index is 14.1. The van der Waals surface area contributed by atoms with Crippen LogP contribution in [0.5, 0.6) is 0 Å². The number of nitrogens with one attached hydrogen (secondary N) is 5. The van der Waals surface area contributed by atoms with Gasteiger partial charge in [-0.15, -0.1) is 0 Å². The summed E-state index contributed by atoms with van der Waals surface area (Å²) in [7, 11) is -26.5. The van der Waals surface area contributed by atoms with Crippen LogP contribution in [-0.4, -0.2) is 106 Å². The number of fused-ring (bicyclic) bond motifs is 1. The summed E-state index contributed by atoms with van der Waals surface area (Å²) in [6.45, 7) is 0. The van der Waals surface area contributed by atoms with Gasteiger partial charge in [-0.05, 0) is 95.5 Å². The molecule has 7 rings (SSSR count). The molecule has 5 N–H and O–H groups in total. The summed E-state index contributed by atoms with van der Waals surface area (Å²) in [5.41, 5.74) is -2.38. The fourth-order valence-corrected chi connectivity index (χ4v) is 9.21. The number of hydrogen-bond acceptors (Lipinski definition) is 28. The minimum atomic E-state index is -5.69. The number of hydrazone groups is 1. The van der Waals surface area contributed by atoms with Crippen molar-refractivity contribution in [2.24, 2.45) is 5.10 Å². The van der Waals surface area contributed by atoms with Gasteiger partial charge in [-0.3, -0.25) is 10.2 Å². The van der Waals surface area contributed by atoms with Gasteiger partial charge in [0.1, 0.15) is 56.3 Å². The van der Waals surface area contributed by atoms with E-state index in [1.54, 1.807) is 0 Å². The predicted molar refractivity (Wildman–Crippen MR) is 233 cm³/mol. The Kier molecular flexibility index (Phi) is 24.7. The summed E-state index contributed by atoms with van der Waals surface area (Å²) >= 11 is 12.2. The van der Waals surface area contributed by atoms with Crippen molar-refractivity contribution in [2.45, 2.75) is 19.6 Å². The van der Waals surface area contributed by atoms with Crippen molar-refractivity contribution in [1.29, 1.82) is 0 Å². The van der Waals surface area contributed by atoms with Gasteiger partial charge in [0.2, 0.25) is 40.1 Å². The van der Waals surface area contributed by atoms with Crippen LogP contribution in [0.1, 0.15) is 15.9 Å². The molecule has 360 valence electrons. The Labute approximate surface area is 539 Å². The molecular formula is C34H19Cl2N12Na5O16S5. The van der Waals surface area contributed by atoms with E-state index in [2.05, 4.69) is 61.7 Å². The molecule has 0 amide bonds. The molecule has 2 aromatic heterocycles. The Morgan fingerprint density at radius 3 is 1.46 bits per heavy atom. The molecule has 1 aliphatic rings. The number of rotatable bonds is 15. The maximum atomic E-state index is 14.1. The standard InChI is InChI=1S/C34H24Cl2N12O16S5.5Na/c35-29-41-31(37-16-4-3-5-18(12-16)65(50,51)52)45-32(42-29)38-17-8-9-24(68(59,60)61)21(13-17)39-33-43-30(36)44-34(46-33)40-22-14-19(66(53,54)55)10-15-11-25(69(62,63)64)27(28(49)26(15)22)48-47-20-6-1-2-7-23(20)67(56,57)58;;;;;/h1-14,47H,(H,50,51,52)(H,53,54,55)(H,56,57,58)(H,59,60,61)(H,62,63,64)(H2,37,38,41,42,45)(H2,39,40,43,44,46);;;;;/q;5*+1/p-5/b48-27+;;;;;. The number of para-hydroxylation sites is 1. The zero-order valence-electron chi connectivity index (χ0n) is 38.0. The van der Waals surface area contributed by atoms with Crippen molar-refractivity contribution < 1.29 is 217 Å². The van der Waals surface area contributed by atoms with Crippen molar-refractivity contribution >= 4 is 144 Å². The second-order valence-electron chi connectivity index (χ2n) is 13.4. The van der Waals surface area contributed by atoms with E-state index in [4.69, 9.17) is 23.2 Å². The van der Waals surface area contributed by atoms with Crippen molar-refractivity contribution in [3.05, 3.63) is 105 Å². The normalized spacial score (nSPS) is 12.9. The molecule has 0 radical (unpaired) electrons. The number of allylic oxidation sites excluding steroid dienone is 1. The molecule has 2 heterocycles. The molecule has 40 heteroatoms. The monoisotopic (exact) mass is 1200 g/mol. The third-order valence-corrected chi connectivity index (χ3v) is 13.3. The van der Waals surface area contributed by atoms with Crippen LogP contribution in [0.2, 0.25) is 10.6 Å². The van der Waals surface area contributed by atoms with Crippen molar-refractivity contribution in [3.63, 3.8) is 0 Å². The van der Waals surface area contributed by atoms with Gasteiger partial charge in [0, 0.05) is 11.4 Å². The molecule has 4 aromatic carbocycles. The fraction of sp³-hybridized carbons (Fsp3) is 0. The second kappa shape index (κ2) is 26.8. The van der Waals surface area contributed by atoms with E-state index in [-0.39, 0.29) is 171 Å². The van der Waals surface area contributed by atoms with Crippen LogP contribution < -0.4 is 174 Å². The van der Waals surface area contributed by atoms with Crippen molar-refractivity contribution in [1.82, 2.24) is 29.9 Å². The Morgan fingerprint density at radius 1 is 0.459 bits per heavy atom. The van der Waals surface area contributed by atoms with E-state index in [1.165, 1.54) is 18.2 Å². The quantitative estimate of drug-likeness (QED) is 0.0362. The number of benzene rings is 4. The van der Waals surface area contributed by atoms with Gasteiger partial charge in [0.25, 0.3) is 0 Å². The summed E-state index contributed by atoms with van der Waals surface area (Å²) in [5, 5.41) is 12.6. The van der Waals surface area contributed by atoms with Gasteiger partial charge < -0.3 is 44.0 Å². The van der Waals surface area contributed by atoms with Crippen LogP contribution in [0.3, 0.4) is 0 Å². The molecule has 1 aliphatic carbocycles. The van der Waals surface area contributed by atoms with Crippen LogP contribution in [-0.2, 0) is 50.6 Å². The molecule has 0 atom stereocenters. The molecular weight excluding hydrogens is 1180 g/mol. The number of carbonyl (C=O) groups excluding carboxylic acids is 1. The van der Waals surface area contributed by atoms with Gasteiger partial charge in [0.15, 0.2) is 0 Å². The van der Waals surface area contributed by atoms with E-state index in [9.17, 15) is 69.6 Å². The molecule has 0 spiro atoms. The van der Waals surface area contributed by atoms with Crippen molar-refractivity contribution in [3.8, 4) is 0 Å². The smallest absolute Gasteiger partial charge is 0.744 e. The average Bonchev–Trinajstić information content (AvgIpc) is 3.21. The first-order valence-electron chi connectivity index (χ1n) is 17.9. The van der Waals surface area contributed by atoms with Gasteiger partial charge in [-0.1, -0.05) is 18.2 Å². The van der Waals surface area contributed by atoms with Gasteiger partial charge in [-0.2, -0.15) is 35.0 Å². The van der Waals surface area contributed by atoms with Crippen LogP contribution in [0.25, 0.3) is 6.08 Å². The van der Waals surface area contributed by atoms with E-state index in [0.717, 1.165) is 48.5 Å². The summed E-state index contributed by atoms with van der Waals surface area (Å²) in [6.07, 6.45) is 0.473. The SMILES string of the molecule is O=C1/C(=N/Nc2ccccc2S(=O)(=O)[O-])C(S(=O)(=O)[O-])=Cc2cc(S(=O)(=O)[O-])cc(Nc3nc(Cl)nc(Nc4cc(Nc5nc(Cl)nc(Nc6cccc(S(=O)(=O)[O-])c6)n5)ccc4S(=O)(=O)[O-])n3)c21.[Na+].[Na+].[Na+].[Na+].[Na+]. The molecule has 6 aromatic rings. The largest absolute Gasteiger partial charge is 1.00 e. The Hall–Kier alpha value is -1.89. The zero-order chi connectivity index (χ0) is 50.4. The summed E-state index contributed by atoms with van der Waals surface area (Å²) in [4.78, 5) is 32.7. The number of ketones is 1. The Balaban J connectivity index is 0.00000375. The fourth-order valence-electron chi connectivity index (χ4n) is 5.95. The number of Topliss-reactive ketones (excluding diaryl/α,β-unsaturated/α-hetero) is 1. The van der Waals surface area contributed by atoms with Crippen LogP contribution >= 0.6 is 23.2 Å². The average molecular weight is 1200 g/mol. The summed E-state index contributed by atoms with van der Waals surface area (Å²) < 4.78 is 181. The Morgan fingerprint density at radius 2 is 0.946 bits per heavy atom. The number of anilines is 9. The number of hydrogen-bond donors (Lipinski definition) is 5. The number of aromatic nitrogens is 6. The van der Waals surface area contributed by atoms with Gasteiger partial charge >= 0.3 is 148 Å². The predicted octanol–water partition coefficient (Wildman–Crippen LogP) is -12.5. The number of nitrogens with zero attached hydrogens (tertiary/aromatic N) is 7. The van der Waals surface area contributed by atoms with Crippen molar-refractivity contribution in [2.75, 3.05) is 26.7 Å². The van der Waals surface area contributed by atoms with E-state index >= 15 is 0 Å². The first-order valence-corrected chi connectivity index (χ1v) is 25.6. The van der Waals surface area contributed by atoms with Crippen LogP contribution in [0.15, 0.2) is 108 Å². The summed E-state index contributed by atoms with van der Waals surface area (Å²) in [5.74, 6) is -3.45. The molecule has 74 heavy (non-hydrogen) atoms. The molecule has 0 saturated heterocycles. The molecule has 0 fully saturated rings. The maximum Gasteiger partial charge on any atom is 1.00 e. The van der Waals surface area contributed by atoms with E-state index in [1.807, 2.05) is 0 Å². The molecule has 0 unspecified atom stereocenters. The van der Waals surface area contributed by atoms with Crippen LogP contribution in [0, 0.1) is 0 Å². The molecule has 0 aliphatic heterocycles.